The van der Waals surface area contributed by atoms with Crippen LogP contribution in [0.1, 0.15) is 5.89 Å². The van der Waals surface area contributed by atoms with Crippen molar-refractivity contribution in [1.82, 2.24) is 14.4 Å². The molecular formula is C23H22N4O3S. The van der Waals surface area contributed by atoms with Crippen LogP contribution in [0.15, 0.2) is 76.1 Å². The summed E-state index contributed by atoms with van der Waals surface area (Å²) in [5.74, 6) is 1.10. The highest BCUT2D eigenvalue weighted by molar-refractivity contribution is 7.89. The normalized spacial score (nSPS) is 15.5. The van der Waals surface area contributed by atoms with E-state index in [1.807, 2.05) is 54.6 Å². The SMILES string of the molecule is Cc1nc(-c2ccc(N3CCN(S(=O)(=O)c4ccc5ccccc5c4)CC3)cc2)no1. The number of hydrogen-bond acceptors (Lipinski definition) is 6. The zero-order valence-corrected chi connectivity index (χ0v) is 17.9. The molecule has 0 aliphatic carbocycles. The lowest BCUT2D eigenvalue weighted by Crippen LogP contribution is -2.48. The van der Waals surface area contributed by atoms with Crippen LogP contribution in [-0.4, -0.2) is 49.0 Å². The Hall–Kier alpha value is -3.23. The summed E-state index contributed by atoms with van der Waals surface area (Å²) in [6.45, 7) is 3.92. The smallest absolute Gasteiger partial charge is 0.243 e. The number of hydrogen-bond donors (Lipinski definition) is 0. The summed E-state index contributed by atoms with van der Waals surface area (Å²) in [4.78, 5) is 6.78. The lowest BCUT2D eigenvalue weighted by Gasteiger charge is -2.35. The number of aryl methyl sites for hydroxylation is 1. The van der Waals surface area contributed by atoms with E-state index in [4.69, 9.17) is 4.52 Å². The first-order valence-electron chi connectivity index (χ1n) is 10.2. The van der Waals surface area contributed by atoms with Gasteiger partial charge in [0.2, 0.25) is 21.7 Å². The number of aromatic nitrogens is 2. The molecule has 0 radical (unpaired) electrons. The Bertz CT molecular complexity index is 1320. The Morgan fingerprint density at radius 2 is 1.58 bits per heavy atom. The monoisotopic (exact) mass is 434 g/mol. The average molecular weight is 435 g/mol. The fourth-order valence-electron chi connectivity index (χ4n) is 3.90. The third-order valence-corrected chi connectivity index (χ3v) is 7.51. The fraction of sp³-hybridized carbons (Fsp3) is 0.217. The van der Waals surface area contributed by atoms with Crippen LogP contribution < -0.4 is 4.90 Å². The predicted molar refractivity (Wildman–Crippen MR) is 119 cm³/mol. The second kappa shape index (κ2) is 7.79. The average Bonchev–Trinajstić information content (AvgIpc) is 3.25. The van der Waals surface area contributed by atoms with Crippen molar-refractivity contribution < 1.29 is 12.9 Å². The van der Waals surface area contributed by atoms with Gasteiger partial charge >= 0.3 is 0 Å². The van der Waals surface area contributed by atoms with E-state index in [0.29, 0.717) is 42.8 Å². The maximum Gasteiger partial charge on any atom is 0.243 e. The van der Waals surface area contributed by atoms with Crippen LogP contribution in [0.25, 0.3) is 22.2 Å². The fourth-order valence-corrected chi connectivity index (χ4v) is 5.36. The number of sulfonamides is 1. The van der Waals surface area contributed by atoms with E-state index in [1.54, 1.807) is 23.4 Å². The van der Waals surface area contributed by atoms with Crippen LogP contribution >= 0.6 is 0 Å². The van der Waals surface area contributed by atoms with Crippen LogP contribution in [0, 0.1) is 6.92 Å². The Morgan fingerprint density at radius 1 is 0.871 bits per heavy atom. The van der Waals surface area contributed by atoms with E-state index < -0.39 is 10.0 Å². The van der Waals surface area contributed by atoms with Gasteiger partial charge in [0.1, 0.15) is 0 Å². The van der Waals surface area contributed by atoms with Gasteiger partial charge in [-0.3, -0.25) is 0 Å². The zero-order valence-electron chi connectivity index (χ0n) is 17.1. The van der Waals surface area contributed by atoms with Gasteiger partial charge in [-0.05, 0) is 47.2 Å². The molecule has 1 saturated heterocycles. The quantitative estimate of drug-likeness (QED) is 0.487. The van der Waals surface area contributed by atoms with Crippen LogP contribution in [0.2, 0.25) is 0 Å². The van der Waals surface area contributed by atoms with Gasteiger partial charge in [0.25, 0.3) is 0 Å². The van der Waals surface area contributed by atoms with Gasteiger partial charge in [-0.1, -0.05) is 35.5 Å². The van der Waals surface area contributed by atoms with Crippen LogP contribution in [0.5, 0.6) is 0 Å². The van der Waals surface area contributed by atoms with Gasteiger partial charge in [0, 0.05) is 44.4 Å². The van der Waals surface area contributed by atoms with E-state index in [1.165, 1.54) is 0 Å². The maximum absolute atomic E-state index is 13.2. The minimum atomic E-state index is -3.52. The van der Waals surface area contributed by atoms with E-state index in [0.717, 1.165) is 22.0 Å². The molecular weight excluding hydrogens is 412 g/mol. The highest BCUT2D eigenvalue weighted by Crippen LogP contribution is 2.25. The molecule has 31 heavy (non-hydrogen) atoms. The Labute approximate surface area is 181 Å². The molecule has 0 N–H and O–H groups in total. The molecule has 0 spiro atoms. The Kier molecular flexibility index (Phi) is 4.95. The molecule has 1 aliphatic heterocycles. The molecule has 8 heteroatoms. The molecule has 0 atom stereocenters. The highest BCUT2D eigenvalue weighted by Gasteiger charge is 2.28. The second-order valence-electron chi connectivity index (χ2n) is 7.58. The van der Waals surface area contributed by atoms with Crippen molar-refractivity contribution in [3.05, 3.63) is 72.6 Å². The van der Waals surface area contributed by atoms with Crippen LogP contribution in [0.4, 0.5) is 5.69 Å². The number of rotatable bonds is 4. The lowest BCUT2D eigenvalue weighted by atomic mass is 10.1. The van der Waals surface area contributed by atoms with Crippen LogP contribution in [0.3, 0.4) is 0 Å². The summed E-state index contributed by atoms with van der Waals surface area (Å²) in [6.07, 6.45) is 0. The van der Waals surface area contributed by atoms with Crippen molar-refractivity contribution >= 4 is 26.5 Å². The molecule has 3 aromatic carbocycles. The Morgan fingerprint density at radius 3 is 2.26 bits per heavy atom. The Balaban J connectivity index is 1.29. The summed E-state index contributed by atoms with van der Waals surface area (Å²) in [5, 5.41) is 5.90. The summed E-state index contributed by atoms with van der Waals surface area (Å²) >= 11 is 0. The van der Waals surface area contributed by atoms with E-state index in [9.17, 15) is 8.42 Å². The highest BCUT2D eigenvalue weighted by atomic mass is 32.2. The molecule has 0 amide bonds. The molecule has 158 valence electrons. The number of anilines is 1. The molecule has 0 unspecified atom stereocenters. The van der Waals surface area contributed by atoms with Gasteiger partial charge in [0.05, 0.1) is 4.90 Å². The number of piperazine rings is 1. The van der Waals surface area contributed by atoms with Crippen molar-refractivity contribution in [1.29, 1.82) is 0 Å². The van der Waals surface area contributed by atoms with E-state index in [2.05, 4.69) is 15.0 Å². The van der Waals surface area contributed by atoms with Gasteiger partial charge in [-0.15, -0.1) is 0 Å². The molecule has 1 aromatic heterocycles. The molecule has 7 nitrogen and oxygen atoms in total. The first-order chi connectivity index (χ1) is 15.0. The van der Waals surface area contributed by atoms with Gasteiger partial charge in [-0.2, -0.15) is 9.29 Å². The summed E-state index contributed by atoms with van der Waals surface area (Å²) < 4.78 is 32.9. The van der Waals surface area contributed by atoms with Gasteiger partial charge in [0.15, 0.2) is 0 Å². The number of fused-ring (bicyclic) bond motifs is 1. The maximum atomic E-state index is 13.2. The summed E-state index contributed by atoms with van der Waals surface area (Å²) in [7, 11) is -3.52. The molecule has 1 fully saturated rings. The van der Waals surface area contributed by atoms with Crippen molar-refractivity contribution in [3.8, 4) is 11.4 Å². The molecule has 2 heterocycles. The van der Waals surface area contributed by atoms with Gasteiger partial charge < -0.3 is 9.42 Å². The third kappa shape index (κ3) is 3.80. The predicted octanol–water partition coefficient (Wildman–Crippen LogP) is 3.71. The van der Waals surface area contributed by atoms with Crippen molar-refractivity contribution in [2.75, 3.05) is 31.1 Å². The zero-order chi connectivity index (χ0) is 21.4. The molecule has 5 rings (SSSR count). The van der Waals surface area contributed by atoms with E-state index in [-0.39, 0.29) is 0 Å². The molecule has 4 aromatic rings. The summed E-state index contributed by atoms with van der Waals surface area (Å²) in [6, 6.07) is 21.0. The first-order valence-corrected chi connectivity index (χ1v) is 11.6. The number of nitrogens with zero attached hydrogens (tertiary/aromatic N) is 4. The summed E-state index contributed by atoms with van der Waals surface area (Å²) in [5.41, 5.74) is 1.94. The minimum Gasteiger partial charge on any atom is -0.369 e. The lowest BCUT2D eigenvalue weighted by molar-refractivity contribution is 0.385. The van der Waals surface area contributed by atoms with Crippen LogP contribution in [-0.2, 0) is 10.0 Å². The molecule has 0 bridgehead atoms. The third-order valence-electron chi connectivity index (χ3n) is 5.62. The second-order valence-corrected chi connectivity index (χ2v) is 9.52. The largest absolute Gasteiger partial charge is 0.369 e. The standard InChI is InChI=1S/C23H22N4O3S/c1-17-24-23(25-30-17)19-6-9-21(10-7-19)26-12-14-27(15-13-26)31(28,29)22-11-8-18-4-2-3-5-20(18)16-22/h2-11,16H,12-15H2,1H3. The first kappa shape index (κ1) is 19.7. The number of benzene rings is 3. The van der Waals surface area contributed by atoms with Crippen molar-refractivity contribution in [2.24, 2.45) is 0 Å². The van der Waals surface area contributed by atoms with Crippen molar-refractivity contribution in [3.63, 3.8) is 0 Å². The van der Waals surface area contributed by atoms with E-state index >= 15 is 0 Å². The topological polar surface area (TPSA) is 79.5 Å². The molecule has 1 aliphatic rings. The van der Waals surface area contributed by atoms with Crippen molar-refractivity contribution in [2.45, 2.75) is 11.8 Å². The minimum absolute atomic E-state index is 0.347. The molecule has 0 saturated carbocycles. The van der Waals surface area contributed by atoms with Gasteiger partial charge in [-0.25, -0.2) is 8.42 Å².